The second-order valence-electron chi connectivity index (χ2n) is 4.73. The van der Waals surface area contributed by atoms with E-state index in [0.29, 0.717) is 19.1 Å². The van der Waals surface area contributed by atoms with E-state index in [9.17, 15) is 4.79 Å². The zero-order chi connectivity index (χ0) is 14.8. The lowest BCUT2D eigenvalue weighted by atomic mass is 10.1. The van der Waals surface area contributed by atoms with Gasteiger partial charge in [0.2, 0.25) is 0 Å². The van der Waals surface area contributed by atoms with Crippen molar-refractivity contribution in [2.75, 3.05) is 6.54 Å². The van der Waals surface area contributed by atoms with Gasteiger partial charge in [-0.3, -0.25) is 10.1 Å². The zero-order valence-corrected chi connectivity index (χ0v) is 12.9. The highest BCUT2D eigenvalue weighted by molar-refractivity contribution is 8.12. The minimum absolute atomic E-state index is 0.109. The van der Waals surface area contributed by atoms with Gasteiger partial charge in [0, 0.05) is 6.54 Å². The van der Waals surface area contributed by atoms with E-state index in [1.165, 1.54) is 0 Å². The standard InChI is InChI=1S/C15H24N2O2S/c1-3-12(2)15(17-14(9-16)20-11-18)19-10-13-7-5-4-6-8-13/h4-8,11-12,14-15,17H,3,9-10,16H2,1-2H3. The highest BCUT2D eigenvalue weighted by atomic mass is 32.2. The Bertz CT molecular complexity index is 375. The monoisotopic (exact) mass is 296 g/mol. The van der Waals surface area contributed by atoms with Crippen LogP contribution in [0.5, 0.6) is 0 Å². The minimum Gasteiger partial charge on any atom is -0.358 e. The van der Waals surface area contributed by atoms with Crippen LogP contribution in [-0.4, -0.2) is 23.8 Å². The maximum Gasteiger partial charge on any atom is 0.177 e. The van der Waals surface area contributed by atoms with E-state index in [1.54, 1.807) is 0 Å². The third-order valence-corrected chi connectivity index (χ3v) is 3.99. The molecule has 0 amide bonds. The van der Waals surface area contributed by atoms with E-state index in [0.717, 1.165) is 29.4 Å². The van der Waals surface area contributed by atoms with Gasteiger partial charge in [-0.1, -0.05) is 55.9 Å². The Morgan fingerprint density at radius 1 is 1.40 bits per heavy atom. The first-order valence-electron chi connectivity index (χ1n) is 6.92. The molecule has 1 aromatic rings. The number of hydrogen-bond donors (Lipinski definition) is 2. The molecule has 0 heterocycles. The lowest BCUT2D eigenvalue weighted by Gasteiger charge is -2.28. The normalized spacial score (nSPS) is 15.6. The Labute approximate surface area is 125 Å². The lowest BCUT2D eigenvalue weighted by molar-refractivity contribution is -0.0190. The zero-order valence-electron chi connectivity index (χ0n) is 12.1. The van der Waals surface area contributed by atoms with Crippen molar-refractivity contribution in [3.63, 3.8) is 0 Å². The van der Waals surface area contributed by atoms with E-state index in [2.05, 4.69) is 19.2 Å². The van der Waals surface area contributed by atoms with Crippen LogP contribution in [0.25, 0.3) is 0 Å². The Kier molecular flexibility index (Phi) is 8.53. The largest absolute Gasteiger partial charge is 0.358 e. The van der Waals surface area contributed by atoms with Crippen LogP contribution in [0.1, 0.15) is 25.8 Å². The van der Waals surface area contributed by atoms with E-state index in [4.69, 9.17) is 10.5 Å². The average Bonchev–Trinajstić information content (AvgIpc) is 2.50. The molecule has 112 valence electrons. The van der Waals surface area contributed by atoms with Crippen LogP contribution in [-0.2, 0) is 16.1 Å². The van der Waals surface area contributed by atoms with E-state index < -0.39 is 0 Å². The van der Waals surface area contributed by atoms with Gasteiger partial charge in [0.05, 0.1) is 12.0 Å². The third kappa shape index (κ3) is 6.05. The van der Waals surface area contributed by atoms with Crippen LogP contribution < -0.4 is 11.1 Å². The van der Waals surface area contributed by atoms with E-state index >= 15 is 0 Å². The molecule has 0 aliphatic rings. The number of nitrogens with one attached hydrogen (secondary N) is 1. The molecule has 3 unspecified atom stereocenters. The predicted octanol–water partition coefficient (Wildman–Crippen LogP) is 2.37. The second kappa shape index (κ2) is 9.94. The number of hydrogen-bond acceptors (Lipinski definition) is 5. The molecule has 0 aliphatic carbocycles. The van der Waals surface area contributed by atoms with Gasteiger partial charge in [0.25, 0.3) is 0 Å². The molecule has 0 spiro atoms. The van der Waals surface area contributed by atoms with Crippen molar-refractivity contribution in [1.29, 1.82) is 0 Å². The number of rotatable bonds is 10. The quantitative estimate of drug-likeness (QED) is 0.512. The molecule has 3 atom stereocenters. The van der Waals surface area contributed by atoms with Gasteiger partial charge in [-0.2, -0.15) is 0 Å². The molecule has 1 rings (SSSR count). The minimum atomic E-state index is -0.110. The van der Waals surface area contributed by atoms with Gasteiger partial charge in [0.15, 0.2) is 5.62 Å². The van der Waals surface area contributed by atoms with Crippen molar-refractivity contribution in [1.82, 2.24) is 5.32 Å². The molecule has 3 N–H and O–H groups in total. The maximum absolute atomic E-state index is 10.6. The fourth-order valence-electron chi connectivity index (χ4n) is 1.76. The molecule has 0 aromatic heterocycles. The number of carbonyl (C=O) groups excluding carboxylic acids is 1. The Morgan fingerprint density at radius 3 is 2.65 bits per heavy atom. The highest BCUT2D eigenvalue weighted by Crippen LogP contribution is 2.15. The number of nitrogens with two attached hydrogens (primary N) is 1. The molecule has 0 saturated heterocycles. The molecule has 0 radical (unpaired) electrons. The summed E-state index contributed by atoms with van der Waals surface area (Å²) in [6.07, 6.45) is 0.886. The summed E-state index contributed by atoms with van der Waals surface area (Å²) in [5, 5.41) is 3.20. The highest BCUT2D eigenvalue weighted by Gasteiger charge is 2.20. The fourth-order valence-corrected chi connectivity index (χ4v) is 2.22. The summed E-state index contributed by atoms with van der Waals surface area (Å²) in [4.78, 5) is 10.6. The smallest absolute Gasteiger partial charge is 0.177 e. The number of thioether (sulfide) groups is 1. The third-order valence-electron chi connectivity index (χ3n) is 3.22. The summed E-state index contributed by atoms with van der Waals surface area (Å²) >= 11 is 1.16. The number of carbonyl (C=O) groups is 1. The maximum atomic E-state index is 10.6. The first kappa shape index (κ1) is 17.2. The average molecular weight is 296 g/mol. The van der Waals surface area contributed by atoms with Crippen molar-refractivity contribution >= 4 is 17.4 Å². The van der Waals surface area contributed by atoms with Crippen molar-refractivity contribution in [2.45, 2.75) is 38.5 Å². The molecule has 1 aromatic carbocycles. The number of ether oxygens (including phenoxy) is 1. The van der Waals surface area contributed by atoms with Gasteiger partial charge in [-0.25, -0.2) is 0 Å². The molecule has 0 bridgehead atoms. The van der Waals surface area contributed by atoms with Crippen LogP contribution in [0.2, 0.25) is 0 Å². The van der Waals surface area contributed by atoms with Gasteiger partial charge in [-0.05, 0) is 17.9 Å². The van der Waals surface area contributed by atoms with Gasteiger partial charge in [0.1, 0.15) is 6.23 Å². The molecule has 4 nitrogen and oxygen atoms in total. The summed E-state index contributed by atoms with van der Waals surface area (Å²) in [6.45, 7) is 5.19. The van der Waals surface area contributed by atoms with Crippen molar-refractivity contribution < 1.29 is 9.53 Å². The summed E-state index contributed by atoms with van der Waals surface area (Å²) in [5.74, 6) is 0.347. The Balaban J connectivity index is 2.57. The molecular formula is C15H24N2O2S. The lowest BCUT2D eigenvalue weighted by Crippen LogP contribution is -2.45. The van der Waals surface area contributed by atoms with Gasteiger partial charge < -0.3 is 10.5 Å². The molecule has 5 heteroatoms. The topological polar surface area (TPSA) is 64.3 Å². The van der Waals surface area contributed by atoms with Crippen LogP contribution in [0, 0.1) is 5.92 Å². The summed E-state index contributed by atoms with van der Waals surface area (Å²) in [5.41, 5.74) is 7.61. The first-order valence-corrected chi connectivity index (χ1v) is 7.86. The van der Waals surface area contributed by atoms with Gasteiger partial charge >= 0.3 is 0 Å². The Morgan fingerprint density at radius 2 is 2.10 bits per heavy atom. The fraction of sp³-hybridized carbons (Fsp3) is 0.533. The molecule has 20 heavy (non-hydrogen) atoms. The summed E-state index contributed by atoms with van der Waals surface area (Å²) < 4.78 is 5.96. The van der Waals surface area contributed by atoms with Crippen LogP contribution in [0.3, 0.4) is 0 Å². The first-order chi connectivity index (χ1) is 9.71. The second-order valence-corrected chi connectivity index (χ2v) is 5.76. The number of benzene rings is 1. The predicted molar refractivity (Wildman–Crippen MR) is 84.8 cm³/mol. The van der Waals surface area contributed by atoms with Crippen LogP contribution >= 0.6 is 11.8 Å². The molecule has 0 fully saturated rings. The SMILES string of the molecule is CCC(C)C(NC(CN)SC=O)OCc1ccccc1. The summed E-state index contributed by atoms with van der Waals surface area (Å²) in [6, 6.07) is 10.0. The van der Waals surface area contributed by atoms with Crippen LogP contribution in [0.4, 0.5) is 0 Å². The van der Waals surface area contributed by atoms with Gasteiger partial charge in [-0.15, -0.1) is 0 Å². The van der Waals surface area contributed by atoms with Crippen molar-refractivity contribution in [3.05, 3.63) is 35.9 Å². The molecule has 0 saturated carbocycles. The Hall–Kier alpha value is -0.880. The van der Waals surface area contributed by atoms with E-state index in [-0.39, 0.29) is 11.6 Å². The van der Waals surface area contributed by atoms with Crippen LogP contribution in [0.15, 0.2) is 30.3 Å². The molecular weight excluding hydrogens is 272 g/mol. The van der Waals surface area contributed by atoms with E-state index in [1.807, 2.05) is 30.3 Å². The summed E-state index contributed by atoms with van der Waals surface area (Å²) in [7, 11) is 0. The molecule has 0 aliphatic heterocycles. The van der Waals surface area contributed by atoms with Crippen molar-refractivity contribution in [2.24, 2.45) is 11.7 Å². The van der Waals surface area contributed by atoms with Crippen molar-refractivity contribution in [3.8, 4) is 0 Å².